The van der Waals surface area contributed by atoms with Crippen LogP contribution in [0.25, 0.3) is 0 Å². The number of rotatable bonds is 9. The number of nitrogens with zero attached hydrogens (tertiary/aromatic N) is 1. The minimum absolute atomic E-state index is 0.578. The predicted molar refractivity (Wildman–Crippen MR) is 95.2 cm³/mol. The van der Waals surface area contributed by atoms with E-state index in [1.165, 1.54) is 71.0 Å². The summed E-state index contributed by atoms with van der Waals surface area (Å²) in [6.45, 7) is 14.2. The van der Waals surface area contributed by atoms with Gasteiger partial charge in [0.25, 0.3) is 0 Å². The van der Waals surface area contributed by atoms with Gasteiger partial charge in [-0.15, -0.1) is 0 Å². The van der Waals surface area contributed by atoms with Crippen molar-refractivity contribution in [2.75, 3.05) is 26.2 Å². The molecule has 1 saturated heterocycles. The second kappa shape index (κ2) is 8.68. The zero-order chi connectivity index (χ0) is 16.0. The molecule has 1 saturated carbocycles. The Morgan fingerprint density at radius 3 is 2.32 bits per heavy atom. The van der Waals surface area contributed by atoms with E-state index in [4.69, 9.17) is 4.74 Å². The molecule has 0 bridgehead atoms. The largest absolute Gasteiger partial charge is 0.378 e. The number of piperidine rings is 1. The van der Waals surface area contributed by atoms with Crippen LogP contribution in [0.1, 0.15) is 79.1 Å². The molecule has 2 nitrogen and oxygen atoms in total. The van der Waals surface area contributed by atoms with E-state index in [0.29, 0.717) is 11.5 Å². The Morgan fingerprint density at radius 1 is 1.09 bits per heavy atom. The van der Waals surface area contributed by atoms with E-state index in [1.54, 1.807) is 0 Å². The molecule has 0 aromatic rings. The first-order chi connectivity index (χ1) is 10.6. The van der Waals surface area contributed by atoms with Gasteiger partial charge in [-0.1, -0.05) is 40.5 Å². The molecule has 1 heterocycles. The van der Waals surface area contributed by atoms with Gasteiger partial charge < -0.3 is 9.64 Å². The molecular weight excluding hydrogens is 270 g/mol. The summed E-state index contributed by atoms with van der Waals surface area (Å²) in [6.07, 6.45) is 11.4. The summed E-state index contributed by atoms with van der Waals surface area (Å²) in [5.74, 6) is 1.69. The van der Waals surface area contributed by atoms with Crippen LogP contribution in [0.3, 0.4) is 0 Å². The van der Waals surface area contributed by atoms with E-state index < -0.39 is 0 Å². The number of likely N-dealkylation sites (tertiary alicyclic amines) is 1. The molecule has 1 aliphatic heterocycles. The molecule has 1 atom stereocenters. The van der Waals surface area contributed by atoms with Gasteiger partial charge in [-0.25, -0.2) is 0 Å². The molecule has 0 aromatic carbocycles. The number of hydrogen-bond donors (Lipinski definition) is 0. The summed E-state index contributed by atoms with van der Waals surface area (Å²) in [5.41, 5.74) is 0.658. The van der Waals surface area contributed by atoms with Gasteiger partial charge in [0.15, 0.2) is 0 Å². The normalized spacial score (nSPS) is 23.9. The molecule has 2 aliphatic rings. The lowest BCUT2D eigenvalue weighted by Crippen LogP contribution is -2.50. The Labute approximate surface area is 139 Å². The Balaban J connectivity index is 1.62. The van der Waals surface area contributed by atoms with Crippen LogP contribution in [-0.4, -0.2) is 37.2 Å². The Morgan fingerprint density at radius 2 is 1.77 bits per heavy atom. The van der Waals surface area contributed by atoms with E-state index in [0.717, 1.165) is 18.4 Å². The average molecular weight is 310 g/mol. The third kappa shape index (κ3) is 5.23. The first kappa shape index (κ1) is 18.3. The number of hydrogen-bond acceptors (Lipinski definition) is 2. The molecule has 130 valence electrons. The zero-order valence-electron chi connectivity index (χ0n) is 15.6. The van der Waals surface area contributed by atoms with Crippen molar-refractivity contribution in [1.29, 1.82) is 0 Å². The maximum absolute atomic E-state index is 6.04. The van der Waals surface area contributed by atoms with E-state index in [2.05, 4.69) is 32.6 Å². The molecule has 1 spiro atoms. The van der Waals surface area contributed by atoms with Gasteiger partial charge in [0, 0.05) is 13.2 Å². The summed E-state index contributed by atoms with van der Waals surface area (Å²) < 4.78 is 6.04. The molecule has 2 rings (SSSR count). The van der Waals surface area contributed by atoms with Gasteiger partial charge in [0.05, 0.1) is 6.10 Å². The molecule has 0 aromatic heterocycles. The standard InChI is InChI=1S/C20H39NO/c1-5-7-18(6-2)16-21-11-9-20(10-12-21)14-19(15-20)22-13-8-17(3)4/h17-19H,5-16H2,1-4H3. The summed E-state index contributed by atoms with van der Waals surface area (Å²) in [5, 5.41) is 0. The van der Waals surface area contributed by atoms with Gasteiger partial charge >= 0.3 is 0 Å². The van der Waals surface area contributed by atoms with Gasteiger partial charge in [-0.05, 0) is 68.9 Å². The smallest absolute Gasteiger partial charge is 0.0585 e. The van der Waals surface area contributed by atoms with Crippen LogP contribution in [0.4, 0.5) is 0 Å². The SMILES string of the molecule is CCCC(CC)CN1CCC2(CC1)CC(OCCC(C)C)C2. The summed E-state index contributed by atoms with van der Waals surface area (Å²) >= 11 is 0. The molecule has 2 fully saturated rings. The van der Waals surface area contributed by atoms with Gasteiger partial charge in [-0.2, -0.15) is 0 Å². The second-order valence-corrected chi connectivity index (χ2v) is 8.45. The lowest BCUT2D eigenvalue weighted by molar-refractivity contribution is -0.107. The van der Waals surface area contributed by atoms with Crippen molar-refractivity contribution in [3.63, 3.8) is 0 Å². The van der Waals surface area contributed by atoms with E-state index >= 15 is 0 Å². The lowest BCUT2D eigenvalue weighted by Gasteiger charge is -2.52. The topological polar surface area (TPSA) is 12.5 Å². The summed E-state index contributed by atoms with van der Waals surface area (Å²) in [6, 6.07) is 0. The van der Waals surface area contributed by atoms with Crippen molar-refractivity contribution in [1.82, 2.24) is 4.90 Å². The Hall–Kier alpha value is -0.0800. The highest BCUT2D eigenvalue weighted by molar-refractivity contribution is 4.98. The van der Waals surface area contributed by atoms with Crippen molar-refractivity contribution in [2.24, 2.45) is 17.3 Å². The number of ether oxygens (including phenoxy) is 1. The third-order valence-electron chi connectivity index (χ3n) is 6.08. The van der Waals surface area contributed by atoms with E-state index in [1.807, 2.05) is 0 Å². The van der Waals surface area contributed by atoms with Crippen molar-refractivity contribution < 1.29 is 4.74 Å². The van der Waals surface area contributed by atoms with Gasteiger partial charge in [-0.3, -0.25) is 0 Å². The molecule has 0 amide bonds. The Kier molecular flexibility index (Phi) is 7.21. The first-order valence-corrected chi connectivity index (χ1v) is 9.91. The molecular formula is C20H39NO. The molecule has 0 N–H and O–H groups in total. The molecule has 1 unspecified atom stereocenters. The predicted octanol–water partition coefficient (Wildman–Crippen LogP) is 5.12. The van der Waals surface area contributed by atoms with Crippen molar-refractivity contribution in [3.05, 3.63) is 0 Å². The highest BCUT2D eigenvalue weighted by Crippen LogP contribution is 2.50. The monoisotopic (exact) mass is 309 g/mol. The third-order valence-corrected chi connectivity index (χ3v) is 6.08. The molecule has 2 heteroatoms. The summed E-state index contributed by atoms with van der Waals surface area (Å²) in [4.78, 5) is 2.74. The zero-order valence-corrected chi connectivity index (χ0v) is 15.6. The van der Waals surface area contributed by atoms with Crippen LogP contribution < -0.4 is 0 Å². The fourth-order valence-electron chi connectivity index (χ4n) is 4.31. The van der Waals surface area contributed by atoms with Crippen LogP contribution in [0.2, 0.25) is 0 Å². The maximum Gasteiger partial charge on any atom is 0.0585 e. The van der Waals surface area contributed by atoms with Crippen LogP contribution >= 0.6 is 0 Å². The highest BCUT2D eigenvalue weighted by Gasteiger charge is 2.46. The van der Waals surface area contributed by atoms with Crippen LogP contribution in [0, 0.1) is 17.3 Å². The van der Waals surface area contributed by atoms with E-state index in [9.17, 15) is 0 Å². The van der Waals surface area contributed by atoms with Crippen LogP contribution in [-0.2, 0) is 4.74 Å². The summed E-state index contributed by atoms with van der Waals surface area (Å²) in [7, 11) is 0. The van der Waals surface area contributed by atoms with E-state index in [-0.39, 0.29) is 0 Å². The van der Waals surface area contributed by atoms with Crippen molar-refractivity contribution in [3.8, 4) is 0 Å². The average Bonchev–Trinajstić information content (AvgIpc) is 2.46. The fourth-order valence-corrected chi connectivity index (χ4v) is 4.31. The quantitative estimate of drug-likeness (QED) is 0.586. The minimum Gasteiger partial charge on any atom is -0.378 e. The lowest BCUT2D eigenvalue weighted by atomic mass is 9.61. The second-order valence-electron chi connectivity index (χ2n) is 8.45. The van der Waals surface area contributed by atoms with Crippen molar-refractivity contribution in [2.45, 2.75) is 85.2 Å². The molecule has 0 radical (unpaired) electrons. The van der Waals surface area contributed by atoms with Gasteiger partial charge in [0.1, 0.15) is 0 Å². The fraction of sp³-hybridized carbons (Fsp3) is 1.00. The van der Waals surface area contributed by atoms with Crippen molar-refractivity contribution >= 4 is 0 Å². The van der Waals surface area contributed by atoms with Gasteiger partial charge in [0.2, 0.25) is 0 Å². The first-order valence-electron chi connectivity index (χ1n) is 9.91. The molecule has 22 heavy (non-hydrogen) atoms. The van der Waals surface area contributed by atoms with Crippen LogP contribution in [0.5, 0.6) is 0 Å². The van der Waals surface area contributed by atoms with Crippen LogP contribution in [0.15, 0.2) is 0 Å². The Bertz CT molecular complexity index is 299. The maximum atomic E-state index is 6.04. The molecule has 1 aliphatic carbocycles. The minimum atomic E-state index is 0.578. The highest BCUT2D eigenvalue weighted by atomic mass is 16.5.